The Labute approximate surface area is 178 Å². The number of benzene rings is 2. The van der Waals surface area contributed by atoms with Crippen LogP contribution in [0.2, 0.25) is 0 Å². The Balaban J connectivity index is 1.89. The van der Waals surface area contributed by atoms with Gasteiger partial charge in [0.1, 0.15) is 18.0 Å². The number of carbonyl (C=O) groups is 1. The number of nitrogens with one attached hydrogen (secondary N) is 1. The van der Waals surface area contributed by atoms with Crippen LogP contribution in [-0.4, -0.2) is 26.0 Å². The molecule has 0 bridgehead atoms. The van der Waals surface area contributed by atoms with Crippen molar-refractivity contribution in [2.75, 3.05) is 20.2 Å². The molecule has 0 aromatic heterocycles. The Hall–Kier alpha value is -2.79. The zero-order chi connectivity index (χ0) is 21.5. The molecule has 0 saturated carbocycles. The van der Waals surface area contributed by atoms with Crippen LogP contribution in [0.3, 0.4) is 0 Å². The SMILES string of the molecule is CCCC[NH+](CCCC)Cc1c([O-])ccc2c1O/C(=C\c1cccc(OC)c1)C2=O. The molecule has 0 spiro atoms. The number of carbonyl (C=O) groups excluding carboxylic acids is 1. The van der Waals surface area contributed by atoms with Gasteiger partial charge in [-0.2, -0.15) is 0 Å². The highest BCUT2D eigenvalue weighted by molar-refractivity contribution is 6.14. The largest absolute Gasteiger partial charge is 0.872 e. The molecular weight excluding hydrogens is 378 g/mol. The zero-order valence-electron chi connectivity index (χ0n) is 18.1. The third-order valence-corrected chi connectivity index (χ3v) is 5.48. The fourth-order valence-corrected chi connectivity index (χ4v) is 3.74. The molecule has 0 radical (unpaired) electrons. The molecule has 0 amide bonds. The van der Waals surface area contributed by atoms with Gasteiger partial charge in [0.05, 0.1) is 25.8 Å². The van der Waals surface area contributed by atoms with E-state index in [-0.39, 0.29) is 17.3 Å². The van der Waals surface area contributed by atoms with Gasteiger partial charge < -0.3 is 19.5 Å². The number of methoxy groups -OCH3 is 1. The normalized spacial score (nSPS) is 14.3. The van der Waals surface area contributed by atoms with Gasteiger partial charge in [0, 0.05) is 5.56 Å². The quantitative estimate of drug-likeness (QED) is 0.611. The van der Waals surface area contributed by atoms with Gasteiger partial charge in [-0.05, 0) is 42.7 Å². The molecule has 0 atom stereocenters. The Morgan fingerprint density at radius 3 is 2.50 bits per heavy atom. The summed E-state index contributed by atoms with van der Waals surface area (Å²) >= 11 is 0. The maximum atomic E-state index is 12.9. The number of allylic oxidation sites excluding steroid dienone is 1. The van der Waals surface area contributed by atoms with Gasteiger partial charge in [-0.25, -0.2) is 0 Å². The maximum absolute atomic E-state index is 12.9. The summed E-state index contributed by atoms with van der Waals surface area (Å²) in [5.74, 6) is 1.15. The Morgan fingerprint density at radius 1 is 1.10 bits per heavy atom. The second-order valence-corrected chi connectivity index (χ2v) is 7.77. The molecule has 0 unspecified atom stereocenters. The predicted octanol–water partition coefficient (Wildman–Crippen LogP) is 3.37. The number of hydrogen-bond acceptors (Lipinski definition) is 4. The fraction of sp³-hybridized carbons (Fsp3) is 0.400. The Morgan fingerprint density at radius 2 is 1.83 bits per heavy atom. The van der Waals surface area contributed by atoms with E-state index in [2.05, 4.69) is 13.8 Å². The molecule has 0 aliphatic carbocycles. The molecule has 2 aromatic carbocycles. The minimum absolute atomic E-state index is 0.0605. The maximum Gasteiger partial charge on any atom is 0.231 e. The lowest BCUT2D eigenvalue weighted by molar-refractivity contribution is -0.914. The van der Waals surface area contributed by atoms with Crippen LogP contribution < -0.4 is 19.5 Å². The van der Waals surface area contributed by atoms with Crippen molar-refractivity contribution in [1.82, 2.24) is 0 Å². The van der Waals surface area contributed by atoms with E-state index in [1.807, 2.05) is 24.3 Å². The first-order chi connectivity index (χ1) is 14.6. The zero-order valence-corrected chi connectivity index (χ0v) is 18.1. The topological polar surface area (TPSA) is 63.0 Å². The van der Waals surface area contributed by atoms with E-state index in [0.29, 0.717) is 29.2 Å². The van der Waals surface area contributed by atoms with Gasteiger partial charge in [-0.1, -0.05) is 50.6 Å². The van der Waals surface area contributed by atoms with E-state index < -0.39 is 0 Å². The standard InChI is InChI=1S/C25H31NO4/c1-4-6-13-26(14-7-5-2)17-21-22(27)12-11-20-24(28)23(30-25(20)21)16-18-9-8-10-19(15-18)29-3/h8-12,15-16,27H,4-7,13-14,17H2,1-3H3/b23-16-. The second kappa shape index (κ2) is 10.3. The molecule has 5 nitrogen and oxygen atoms in total. The summed E-state index contributed by atoms with van der Waals surface area (Å²) in [6, 6.07) is 10.5. The second-order valence-electron chi connectivity index (χ2n) is 7.77. The van der Waals surface area contributed by atoms with Crippen LogP contribution in [0, 0.1) is 0 Å². The van der Waals surface area contributed by atoms with Gasteiger partial charge in [-0.15, -0.1) is 0 Å². The first-order valence-corrected chi connectivity index (χ1v) is 10.8. The summed E-state index contributed by atoms with van der Waals surface area (Å²) in [4.78, 5) is 14.3. The van der Waals surface area contributed by atoms with Crippen molar-refractivity contribution in [3.63, 3.8) is 0 Å². The van der Waals surface area contributed by atoms with E-state index in [4.69, 9.17) is 9.47 Å². The van der Waals surface area contributed by atoms with Crippen LogP contribution >= 0.6 is 0 Å². The van der Waals surface area contributed by atoms with Crippen LogP contribution in [0.25, 0.3) is 6.08 Å². The minimum Gasteiger partial charge on any atom is -0.872 e. The summed E-state index contributed by atoms with van der Waals surface area (Å²) in [5, 5.41) is 12.7. The van der Waals surface area contributed by atoms with Gasteiger partial charge in [0.2, 0.25) is 5.78 Å². The van der Waals surface area contributed by atoms with Crippen LogP contribution in [0.5, 0.6) is 17.2 Å². The molecule has 2 aromatic rings. The summed E-state index contributed by atoms with van der Waals surface area (Å²) < 4.78 is 11.2. The summed E-state index contributed by atoms with van der Waals surface area (Å²) in [6.07, 6.45) is 6.17. The Bertz CT molecular complexity index is 911. The monoisotopic (exact) mass is 409 g/mol. The van der Waals surface area contributed by atoms with Crippen LogP contribution in [0.15, 0.2) is 42.2 Å². The molecule has 1 heterocycles. The van der Waals surface area contributed by atoms with Gasteiger partial charge in [-0.3, -0.25) is 4.79 Å². The number of fused-ring (bicyclic) bond motifs is 1. The van der Waals surface area contributed by atoms with Crippen molar-refractivity contribution >= 4 is 11.9 Å². The highest BCUT2D eigenvalue weighted by Crippen LogP contribution is 2.38. The number of Topliss-reactive ketones (excluding diaryl/α,β-unsaturated/α-hetero) is 1. The number of ether oxygens (including phenoxy) is 2. The molecule has 160 valence electrons. The molecule has 0 fully saturated rings. The molecule has 5 heteroatoms. The number of quaternary nitrogens is 1. The van der Waals surface area contributed by atoms with E-state index >= 15 is 0 Å². The first-order valence-electron chi connectivity index (χ1n) is 10.8. The highest BCUT2D eigenvalue weighted by atomic mass is 16.5. The molecule has 3 rings (SSSR count). The van der Waals surface area contributed by atoms with Gasteiger partial charge >= 0.3 is 0 Å². The summed E-state index contributed by atoms with van der Waals surface area (Å²) in [5.41, 5.74) is 1.90. The van der Waals surface area contributed by atoms with E-state index in [0.717, 1.165) is 44.3 Å². The van der Waals surface area contributed by atoms with Crippen molar-refractivity contribution in [2.24, 2.45) is 0 Å². The van der Waals surface area contributed by atoms with Gasteiger partial charge in [0.25, 0.3) is 0 Å². The molecule has 1 aliphatic rings. The van der Waals surface area contributed by atoms with E-state index in [1.165, 1.54) is 11.0 Å². The lowest BCUT2D eigenvalue weighted by Crippen LogP contribution is -3.10. The molecule has 0 saturated heterocycles. The number of unbranched alkanes of at least 4 members (excludes halogenated alkanes) is 2. The average molecular weight is 410 g/mol. The first kappa shape index (κ1) is 21.9. The summed E-state index contributed by atoms with van der Waals surface area (Å²) in [7, 11) is 1.60. The minimum atomic E-state index is -0.183. The fourth-order valence-electron chi connectivity index (χ4n) is 3.74. The van der Waals surface area contributed by atoms with Crippen molar-refractivity contribution in [3.05, 3.63) is 58.8 Å². The van der Waals surface area contributed by atoms with Crippen molar-refractivity contribution in [2.45, 2.75) is 46.1 Å². The smallest absolute Gasteiger partial charge is 0.231 e. The lowest BCUT2D eigenvalue weighted by Gasteiger charge is -2.23. The van der Waals surface area contributed by atoms with Crippen LogP contribution in [0.1, 0.15) is 61.0 Å². The molecular formula is C25H31NO4. The van der Waals surface area contributed by atoms with Crippen molar-refractivity contribution in [1.29, 1.82) is 0 Å². The van der Waals surface area contributed by atoms with Gasteiger partial charge in [0.15, 0.2) is 5.76 Å². The number of ketones is 1. The molecule has 30 heavy (non-hydrogen) atoms. The Kier molecular flexibility index (Phi) is 7.52. The lowest BCUT2D eigenvalue weighted by atomic mass is 10.0. The molecule has 1 N–H and O–H groups in total. The predicted molar refractivity (Wildman–Crippen MR) is 116 cm³/mol. The van der Waals surface area contributed by atoms with Crippen molar-refractivity contribution < 1.29 is 24.3 Å². The van der Waals surface area contributed by atoms with Crippen molar-refractivity contribution in [3.8, 4) is 17.2 Å². The summed E-state index contributed by atoms with van der Waals surface area (Å²) in [6.45, 7) is 6.96. The van der Waals surface area contributed by atoms with E-state index in [1.54, 1.807) is 19.3 Å². The van der Waals surface area contributed by atoms with Crippen LogP contribution in [-0.2, 0) is 6.54 Å². The third-order valence-electron chi connectivity index (χ3n) is 5.48. The van der Waals surface area contributed by atoms with E-state index in [9.17, 15) is 9.90 Å². The number of hydrogen-bond donors (Lipinski definition) is 1. The highest BCUT2D eigenvalue weighted by Gasteiger charge is 2.31. The van der Waals surface area contributed by atoms with Crippen LogP contribution in [0.4, 0.5) is 0 Å². The average Bonchev–Trinajstić information content (AvgIpc) is 3.07. The number of rotatable bonds is 10. The third kappa shape index (κ3) is 5.03. The molecule has 1 aliphatic heterocycles.